The minimum Gasteiger partial charge on any atom is -0.478 e. The normalized spacial score (nSPS) is 11.8. The van der Waals surface area contributed by atoms with E-state index < -0.39 is 21.7 Å². The molecular formula is C17H16N2O5S. The Hall–Kier alpha value is -3.13. The highest BCUT2D eigenvalue weighted by molar-refractivity contribution is 7.91. The van der Waals surface area contributed by atoms with Crippen molar-refractivity contribution in [2.75, 3.05) is 11.1 Å². The van der Waals surface area contributed by atoms with Gasteiger partial charge in [-0.15, -0.1) is 0 Å². The number of carboxylic acids is 1. The summed E-state index contributed by atoms with van der Waals surface area (Å²) in [5.41, 5.74) is 6.24. The summed E-state index contributed by atoms with van der Waals surface area (Å²) in [6, 6.07) is 11.4. The highest BCUT2D eigenvalue weighted by atomic mass is 32.2. The third-order valence-electron chi connectivity index (χ3n) is 3.31. The average Bonchev–Trinajstić information content (AvgIpc) is 2.55. The quantitative estimate of drug-likeness (QED) is 0.553. The lowest BCUT2D eigenvalue weighted by atomic mass is 10.2. The zero-order valence-corrected chi connectivity index (χ0v) is 14.1. The van der Waals surface area contributed by atoms with Crippen LogP contribution >= 0.6 is 0 Å². The minimum absolute atomic E-state index is 0.0625. The number of sulfone groups is 1. The standard InChI is InChI=1S/C17H16N2O5S/c1-11(17(21)22)10-16(20)19-13-4-8-15(9-5-13)25(23,24)14-6-2-12(18)3-7-14/h2-10H,18H2,1H3,(H,19,20)(H,21,22)/b11-10+. The fourth-order valence-corrected chi connectivity index (χ4v) is 3.20. The Morgan fingerprint density at radius 2 is 1.48 bits per heavy atom. The van der Waals surface area contributed by atoms with Crippen molar-refractivity contribution in [1.29, 1.82) is 0 Å². The second-order valence-electron chi connectivity index (χ2n) is 5.22. The monoisotopic (exact) mass is 360 g/mol. The number of nitrogens with two attached hydrogens (primary N) is 1. The first kappa shape index (κ1) is 18.2. The van der Waals surface area contributed by atoms with E-state index in [0.717, 1.165) is 6.08 Å². The van der Waals surface area contributed by atoms with E-state index in [0.29, 0.717) is 11.4 Å². The maximum Gasteiger partial charge on any atom is 0.331 e. The van der Waals surface area contributed by atoms with Crippen LogP contribution in [-0.2, 0) is 19.4 Å². The lowest BCUT2D eigenvalue weighted by molar-refractivity contribution is -0.132. The van der Waals surface area contributed by atoms with Gasteiger partial charge in [0.25, 0.3) is 0 Å². The Kier molecular flexibility index (Phi) is 5.23. The Bertz CT molecular complexity index is 930. The van der Waals surface area contributed by atoms with Gasteiger partial charge >= 0.3 is 5.97 Å². The molecule has 0 bridgehead atoms. The molecule has 0 spiro atoms. The summed E-state index contributed by atoms with van der Waals surface area (Å²) >= 11 is 0. The second kappa shape index (κ2) is 7.18. The van der Waals surface area contributed by atoms with Gasteiger partial charge in [0.05, 0.1) is 9.79 Å². The molecule has 8 heteroatoms. The molecule has 7 nitrogen and oxygen atoms in total. The Labute approximate surface area is 144 Å². The van der Waals surface area contributed by atoms with Gasteiger partial charge in [0.1, 0.15) is 0 Å². The molecule has 0 aliphatic heterocycles. The van der Waals surface area contributed by atoms with Crippen LogP contribution in [0.15, 0.2) is 70.0 Å². The number of rotatable bonds is 5. The van der Waals surface area contributed by atoms with Gasteiger partial charge in [-0.3, -0.25) is 4.79 Å². The van der Waals surface area contributed by atoms with Crippen LogP contribution in [0.4, 0.5) is 11.4 Å². The smallest absolute Gasteiger partial charge is 0.331 e. The molecule has 25 heavy (non-hydrogen) atoms. The van der Waals surface area contributed by atoms with Crippen molar-refractivity contribution in [3.8, 4) is 0 Å². The number of nitrogens with one attached hydrogen (secondary N) is 1. The number of benzene rings is 2. The summed E-state index contributed by atoms with van der Waals surface area (Å²) in [6.07, 6.45) is 0.946. The van der Waals surface area contributed by atoms with Crippen LogP contribution in [0.2, 0.25) is 0 Å². The van der Waals surface area contributed by atoms with Crippen LogP contribution in [0.5, 0.6) is 0 Å². The van der Waals surface area contributed by atoms with E-state index in [1.54, 1.807) is 0 Å². The summed E-state index contributed by atoms with van der Waals surface area (Å²) in [4.78, 5) is 22.5. The molecule has 1 amide bonds. The number of aliphatic carboxylic acids is 1. The topological polar surface area (TPSA) is 127 Å². The highest BCUT2D eigenvalue weighted by Crippen LogP contribution is 2.23. The lowest BCUT2D eigenvalue weighted by Gasteiger charge is -2.07. The van der Waals surface area contributed by atoms with Crippen molar-refractivity contribution in [3.63, 3.8) is 0 Å². The molecule has 0 heterocycles. The molecule has 4 N–H and O–H groups in total. The fraction of sp³-hybridized carbons (Fsp3) is 0.0588. The highest BCUT2D eigenvalue weighted by Gasteiger charge is 2.17. The fourth-order valence-electron chi connectivity index (χ4n) is 1.94. The van der Waals surface area contributed by atoms with Crippen molar-refractivity contribution in [2.24, 2.45) is 0 Å². The minimum atomic E-state index is -3.69. The van der Waals surface area contributed by atoms with Crippen LogP contribution in [0.3, 0.4) is 0 Å². The second-order valence-corrected chi connectivity index (χ2v) is 7.17. The number of amides is 1. The molecule has 2 aromatic rings. The molecule has 0 aromatic heterocycles. The van der Waals surface area contributed by atoms with Gasteiger partial charge in [-0.2, -0.15) is 0 Å². The van der Waals surface area contributed by atoms with Crippen LogP contribution < -0.4 is 11.1 Å². The summed E-state index contributed by atoms with van der Waals surface area (Å²) in [5.74, 6) is -1.81. The Morgan fingerprint density at radius 1 is 1.00 bits per heavy atom. The first-order valence-corrected chi connectivity index (χ1v) is 8.62. The van der Waals surface area contributed by atoms with Crippen molar-refractivity contribution < 1.29 is 23.1 Å². The van der Waals surface area contributed by atoms with Gasteiger partial charge in [-0.1, -0.05) is 0 Å². The number of carboxylic acid groups (broad SMARTS) is 1. The van der Waals surface area contributed by atoms with Crippen molar-refractivity contribution in [2.45, 2.75) is 16.7 Å². The predicted molar refractivity (Wildman–Crippen MR) is 92.8 cm³/mol. The van der Waals surface area contributed by atoms with E-state index in [1.165, 1.54) is 55.5 Å². The molecule has 0 saturated heterocycles. The molecule has 0 atom stereocenters. The summed E-state index contributed by atoms with van der Waals surface area (Å²) in [7, 11) is -3.69. The average molecular weight is 360 g/mol. The van der Waals surface area contributed by atoms with Gasteiger partial charge in [0.15, 0.2) is 0 Å². The van der Waals surface area contributed by atoms with E-state index >= 15 is 0 Å². The van der Waals surface area contributed by atoms with E-state index in [-0.39, 0.29) is 15.4 Å². The first-order valence-electron chi connectivity index (χ1n) is 7.13. The molecule has 130 valence electrons. The van der Waals surface area contributed by atoms with Gasteiger partial charge in [0.2, 0.25) is 15.7 Å². The van der Waals surface area contributed by atoms with Crippen molar-refractivity contribution in [3.05, 3.63) is 60.2 Å². The molecule has 0 aliphatic carbocycles. The molecule has 0 saturated carbocycles. The van der Waals surface area contributed by atoms with Crippen LogP contribution in [0, 0.1) is 0 Å². The largest absolute Gasteiger partial charge is 0.478 e. The van der Waals surface area contributed by atoms with Crippen LogP contribution in [0.25, 0.3) is 0 Å². The number of hydrogen-bond donors (Lipinski definition) is 3. The molecule has 0 radical (unpaired) electrons. The Balaban J connectivity index is 2.19. The molecule has 2 aromatic carbocycles. The van der Waals surface area contributed by atoms with Crippen LogP contribution in [-0.4, -0.2) is 25.4 Å². The summed E-state index contributed by atoms with van der Waals surface area (Å²) in [6.45, 7) is 1.30. The van der Waals surface area contributed by atoms with Crippen molar-refractivity contribution >= 4 is 33.1 Å². The van der Waals surface area contributed by atoms with Gasteiger partial charge in [-0.05, 0) is 55.5 Å². The summed E-state index contributed by atoms with van der Waals surface area (Å²) < 4.78 is 25.0. The number of hydrogen-bond acceptors (Lipinski definition) is 5. The molecular weight excluding hydrogens is 344 g/mol. The maximum atomic E-state index is 12.5. The number of carbonyl (C=O) groups excluding carboxylic acids is 1. The lowest BCUT2D eigenvalue weighted by Crippen LogP contribution is -2.11. The molecule has 0 aliphatic rings. The van der Waals surface area contributed by atoms with Gasteiger partial charge in [-0.25, -0.2) is 13.2 Å². The van der Waals surface area contributed by atoms with Gasteiger partial charge in [0, 0.05) is 23.0 Å². The SMILES string of the molecule is C/C(=C\C(=O)Nc1ccc(S(=O)(=O)c2ccc(N)cc2)cc1)C(=O)O. The van der Waals surface area contributed by atoms with E-state index in [1.807, 2.05) is 0 Å². The predicted octanol–water partition coefficient (Wildman–Crippen LogP) is 2.07. The maximum absolute atomic E-state index is 12.5. The number of carbonyl (C=O) groups is 2. The Morgan fingerprint density at radius 3 is 1.96 bits per heavy atom. The van der Waals surface area contributed by atoms with E-state index in [2.05, 4.69) is 5.32 Å². The van der Waals surface area contributed by atoms with Gasteiger partial charge < -0.3 is 16.2 Å². The van der Waals surface area contributed by atoms with Crippen molar-refractivity contribution in [1.82, 2.24) is 0 Å². The molecule has 0 unspecified atom stereocenters. The zero-order chi connectivity index (χ0) is 18.6. The molecule has 2 rings (SSSR count). The third kappa shape index (κ3) is 4.45. The summed E-state index contributed by atoms with van der Waals surface area (Å²) in [5, 5.41) is 11.2. The van der Waals surface area contributed by atoms with E-state index in [4.69, 9.17) is 10.8 Å². The van der Waals surface area contributed by atoms with Crippen LogP contribution in [0.1, 0.15) is 6.92 Å². The zero-order valence-electron chi connectivity index (χ0n) is 13.3. The van der Waals surface area contributed by atoms with E-state index in [9.17, 15) is 18.0 Å². The molecule has 0 fully saturated rings. The number of anilines is 2. The first-order chi connectivity index (χ1) is 11.7. The number of nitrogen functional groups attached to an aromatic ring is 1. The third-order valence-corrected chi connectivity index (χ3v) is 5.09.